The molecule has 718 valence electrons. The van der Waals surface area contributed by atoms with Gasteiger partial charge in [-0.3, -0.25) is 28.8 Å². The van der Waals surface area contributed by atoms with Crippen LogP contribution in [0, 0.1) is 0 Å². The maximum atomic E-state index is 15.3. The monoisotopic (exact) mass is 1830 g/mol. The van der Waals surface area contributed by atoms with E-state index in [1.807, 2.05) is 0 Å². The third-order valence-electron chi connectivity index (χ3n) is 19.3. The summed E-state index contributed by atoms with van der Waals surface area (Å²) in [4.78, 5) is 96.9. The summed E-state index contributed by atoms with van der Waals surface area (Å²) >= 11 is 0. The van der Waals surface area contributed by atoms with Crippen LogP contribution in [-0.2, 0) is 180 Å². The van der Waals surface area contributed by atoms with Gasteiger partial charge in [0.2, 0.25) is 35.4 Å². The van der Waals surface area contributed by atoms with Crippen LogP contribution in [0.1, 0.15) is 41.0 Å². The third kappa shape index (κ3) is 46.4. The molecule has 0 aliphatic carbocycles. The van der Waals surface area contributed by atoms with Gasteiger partial charge < -0.3 is 181 Å². The lowest BCUT2D eigenvalue weighted by atomic mass is 10.3. The third-order valence-corrected chi connectivity index (χ3v) is 22.0. The van der Waals surface area contributed by atoms with Crippen LogP contribution >= 0.6 is 21.6 Å². The predicted molar refractivity (Wildman–Crippen MR) is 431 cm³/mol. The van der Waals surface area contributed by atoms with Crippen molar-refractivity contribution >= 4 is 57.0 Å². The van der Waals surface area contributed by atoms with Crippen molar-refractivity contribution in [3.8, 4) is 0 Å². The van der Waals surface area contributed by atoms with Crippen molar-refractivity contribution in [2.24, 2.45) is 0 Å². The molecule has 5 unspecified atom stereocenters. The Morgan fingerprint density at radius 1 is 0.250 bits per heavy atom. The molecule has 8 aliphatic rings. The van der Waals surface area contributed by atoms with Crippen molar-refractivity contribution in [3.63, 3.8) is 0 Å². The van der Waals surface area contributed by atoms with Gasteiger partial charge in [-0.2, -0.15) is 0 Å². The Labute approximate surface area is 734 Å². The number of hydrogen-bond donors (Lipinski definition) is 0. The molecule has 0 radical (unpaired) electrons. The fourth-order valence-corrected chi connectivity index (χ4v) is 14.6. The molecule has 44 nitrogen and oxygen atoms in total. The molecule has 0 bridgehead atoms. The summed E-state index contributed by atoms with van der Waals surface area (Å²) < 4.78 is 182. The Morgan fingerprint density at radius 3 is 0.782 bits per heavy atom. The zero-order valence-corrected chi connectivity index (χ0v) is 74.3. The van der Waals surface area contributed by atoms with Gasteiger partial charge in [0.05, 0.1) is 217 Å². The lowest BCUT2D eigenvalue weighted by Crippen LogP contribution is -2.49. The van der Waals surface area contributed by atoms with Crippen LogP contribution in [0.2, 0.25) is 0 Å². The first-order valence-corrected chi connectivity index (χ1v) is 45.3. The Hall–Kier alpha value is -3.76. The molecule has 0 aromatic heterocycles. The second-order valence-corrected chi connectivity index (χ2v) is 31.3. The van der Waals surface area contributed by atoms with E-state index in [2.05, 4.69) is 0 Å². The molecule has 0 aromatic carbocycles. The van der Waals surface area contributed by atoms with Crippen molar-refractivity contribution < 1.29 is 180 Å². The van der Waals surface area contributed by atoms with Gasteiger partial charge in [-0.25, -0.2) is 0 Å². The van der Waals surface area contributed by atoms with E-state index in [1.165, 1.54) is 31.4 Å². The summed E-state index contributed by atoms with van der Waals surface area (Å²) in [5.74, 6) is -2.17. The quantitative estimate of drug-likeness (QED) is 0.0390. The average Bonchev–Trinajstić information content (AvgIpc) is 1.38. The maximum Gasteiger partial charge on any atom is 0.248 e. The number of ether oxygens (including phenoxy) is 32. The van der Waals surface area contributed by atoms with Crippen LogP contribution in [0.4, 0.5) is 0 Å². The van der Waals surface area contributed by atoms with E-state index in [-0.39, 0.29) is 260 Å². The number of nitrogens with zero attached hydrogens (tertiary/aromatic N) is 6. The molecule has 0 saturated carbocycles. The molecule has 0 spiro atoms. The van der Waals surface area contributed by atoms with E-state index in [4.69, 9.17) is 152 Å². The lowest BCUT2D eigenvalue weighted by molar-refractivity contribution is -0.187. The lowest BCUT2D eigenvalue weighted by Gasteiger charge is -2.32. The molecule has 8 rings (SSSR count). The Balaban J connectivity index is 0.967. The Kier molecular flexibility index (Phi) is 56.0. The van der Waals surface area contributed by atoms with Crippen LogP contribution in [0.15, 0.2) is 0 Å². The molecule has 8 fully saturated rings. The largest absolute Gasteiger partial charge is 0.377 e. The molecule has 6 amide bonds. The normalized spacial score (nSPS) is 19.2. The highest BCUT2D eigenvalue weighted by Gasteiger charge is 2.31. The van der Waals surface area contributed by atoms with Gasteiger partial charge in [0.1, 0.15) is 52.9 Å². The molecule has 0 aromatic rings. The van der Waals surface area contributed by atoms with Crippen LogP contribution in [0.25, 0.3) is 0 Å². The molecule has 5 atom stereocenters. The van der Waals surface area contributed by atoms with Crippen LogP contribution < -0.4 is 0 Å². The second kappa shape index (κ2) is 65.7. The van der Waals surface area contributed by atoms with Crippen molar-refractivity contribution in [2.75, 3.05) is 349 Å². The Bertz CT molecular complexity index is 2640. The van der Waals surface area contributed by atoms with Gasteiger partial charge in [0.25, 0.3) is 0 Å². The van der Waals surface area contributed by atoms with Crippen molar-refractivity contribution in [2.45, 2.75) is 122 Å². The molecule has 124 heavy (non-hydrogen) atoms. The minimum Gasteiger partial charge on any atom is -0.377 e. The number of rotatable bonds is 74. The molecular weight excluding hydrogens is 1690 g/mol. The summed E-state index contributed by atoms with van der Waals surface area (Å²) in [6.45, 7) is 17.2. The van der Waals surface area contributed by atoms with E-state index in [1.54, 1.807) is 54.2 Å². The zero-order chi connectivity index (χ0) is 87.7. The zero-order valence-electron chi connectivity index (χ0n) is 72.7. The molecule has 8 saturated heterocycles. The molecule has 0 N–H and O–H groups in total. The topological polar surface area (TPSA) is 417 Å². The van der Waals surface area contributed by atoms with E-state index >= 15 is 9.59 Å². The van der Waals surface area contributed by atoms with Crippen LogP contribution in [-0.4, -0.2) is 494 Å². The highest BCUT2D eigenvalue weighted by Crippen LogP contribution is 2.29. The van der Waals surface area contributed by atoms with Crippen molar-refractivity contribution in [3.05, 3.63) is 0 Å². The standard InChI is InChI=1S/C78H136N6O38S2/c1-60(78(90)84(13-11-82(17-21-99-61(2)119-56-74-109-39-40-110-74)68(88)50-117-63(4)121-58-76-113-43-44-114-76)14-12-83(18-22-100-62(3)120-57-75-111-41-42-112-75)69(89)51-118-64(5)122-59-77-115-45-46-116-77)124-123-47-6-65(85)79(7-9-80(15-19-91-23-25-95-52-70-101-31-32-102-70)66(86)48-93-27-29-97-54-72-105-35-36-106-72)8-10-81(16-20-92-24-26-96-53-71-103-33-34-104-71)67(87)49-94-28-30-98-55-73-107-37-38-108-73/h60-64,70-77H,6-59H2,1-5H3. The van der Waals surface area contributed by atoms with Gasteiger partial charge in [-0.1, -0.05) is 21.6 Å². The SMILES string of the molecule is CC(OCCN(CCN(CCN(CCOC(C)OCC1OCCO1)C(=O)COC(C)OCC1OCCO1)C(=O)C(C)SSCCC(=O)N(CCN(CCOCCOCC1OCCO1)C(=O)COCCOCC1OCCO1)CCN(CCOCCOCC1OCCO1)C(=O)COCCOCC1OCCO1)C(=O)COC(C)OCC1OCCO1)OCC1OCCO1. The fourth-order valence-electron chi connectivity index (χ4n) is 12.4. The molecule has 46 heteroatoms. The summed E-state index contributed by atoms with van der Waals surface area (Å²) in [7, 11) is 2.51. The summed E-state index contributed by atoms with van der Waals surface area (Å²) in [6.07, 6.45) is -7.33. The average molecular weight is 1830 g/mol. The number of carbonyl (C=O) groups excluding carboxylic acids is 6. The number of amides is 6. The molecule has 8 aliphatic heterocycles. The minimum absolute atomic E-state index is 0.00717. The summed E-state index contributed by atoms with van der Waals surface area (Å²) in [6, 6.07) is 0. The first-order valence-electron chi connectivity index (χ1n) is 43.0. The first kappa shape index (κ1) is 106. The molecule has 8 heterocycles. The second-order valence-electron chi connectivity index (χ2n) is 28.5. The van der Waals surface area contributed by atoms with E-state index < -0.39 is 106 Å². The van der Waals surface area contributed by atoms with Gasteiger partial charge in [-0.05, 0) is 34.6 Å². The van der Waals surface area contributed by atoms with Crippen molar-refractivity contribution in [1.82, 2.24) is 29.4 Å². The van der Waals surface area contributed by atoms with Crippen LogP contribution in [0.3, 0.4) is 0 Å². The highest BCUT2D eigenvalue weighted by molar-refractivity contribution is 8.77. The fraction of sp³-hybridized carbons (Fsp3) is 0.923. The summed E-state index contributed by atoms with van der Waals surface area (Å²) in [5, 5.41) is -0.795. The number of hydrogen-bond acceptors (Lipinski definition) is 40. The predicted octanol–water partition coefficient (Wildman–Crippen LogP) is -1.25. The highest BCUT2D eigenvalue weighted by atomic mass is 33.1. The van der Waals surface area contributed by atoms with Gasteiger partial charge in [0, 0.05) is 90.7 Å². The minimum atomic E-state index is -0.844. The van der Waals surface area contributed by atoms with Gasteiger partial charge in [-0.15, -0.1) is 0 Å². The Morgan fingerprint density at radius 2 is 0.484 bits per heavy atom. The first-order chi connectivity index (χ1) is 60.6. The molecular formula is C78H136N6O38S2. The smallest absolute Gasteiger partial charge is 0.248 e. The van der Waals surface area contributed by atoms with Gasteiger partial charge in [0.15, 0.2) is 75.5 Å². The van der Waals surface area contributed by atoms with E-state index in [9.17, 15) is 19.2 Å². The number of carbonyl (C=O) groups is 6. The van der Waals surface area contributed by atoms with Crippen molar-refractivity contribution in [1.29, 1.82) is 0 Å². The summed E-state index contributed by atoms with van der Waals surface area (Å²) in [5.41, 5.74) is 0. The van der Waals surface area contributed by atoms with E-state index in [0.717, 1.165) is 0 Å². The van der Waals surface area contributed by atoms with Crippen LogP contribution in [0.5, 0.6) is 0 Å². The maximum absolute atomic E-state index is 15.3. The van der Waals surface area contributed by atoms with E-state index in [0.29, 0.717) is 106 Å². The van der Waals surface area contributed by atoms with Gasteiger partial charge >= 0.3 is 0 Å².